The van der Waals surface area contributed by atoms with Gasteiger partial charge in [0.15, 0.2) is 6.10 Å². The fourth-order valence-corrected chi connectivity index (χ4v) is 2.20. The summed E-state index contributed by atoms with van der Waals surface area (Å²) in [6, 6.07) is 11.2. The summed E-state index contributed by atoms with van der Waals surface area (Å²) in [5.41, 5.74) is 0.780. The molecule has 7 heteroatoms. The Labute approximate surface area is 150 Å². The lowest BCUT2D eigenvalue weighted by molar-refractivity contribution is -0.129. The molecule has 0 heterocycles. The highest BCUT2D eigenvalue weighted by molar-refractivity contribution is 6.31. The van der Waals surface area contributed by atoms with Crippen molar-refractivity contribution in [3.05, 3.63) is 58.6 Å². The second-order valence-electron chi connectivity index (χ2n) is 5.27. The van der Waals surface area contributed by atoms with Gasteiger partial charge in [0.25, 0.3) is 5.91 Å². The van der Waals surface area contributed by atoms with Crippen molar-refractivity contribution in [3.8, 4) is 11.5 Å². The van der Waals surface area contributed by atoms with E-state index < -0.39 is 18.0 Å². The molecule has 1 atom stereocenters. The lowest BCUT2D eigenvalue weighted by atomic mass is 10.2. The number of amides is 1. The van der Waals surface area contributed by atoms with Crippen molar-refractivity contribution in [1.82, 2.24) is 5.32 Å². The zero-order chi connectivity index (χ0) is 18.4. The largest absolute Gasteiger partial charge is 0.507 e. The van der Waals surface area contributed by atoms with Crippen LogP contribution in [0.5, 0.6) is 11.5 Å². The Kier molecular flexibility index (Phi) is 6.25. The van der Waals surface area contributed by atoms with Gasteiger partial charge in [-0.25, -0.2) is 4.79 Å². The first-order valence-electron chi connectivity index (χ1n) is 7.51. The van der Waals surface area contributed by atoms with Crippen molar-refractivity contribution in [1.29, 1.82) is 0 Å². The summed E-state index contributed by atoms with van der Waals surface area (Å²) in [4.78, 5) is 24.1. The second-order valence-corrected chi connectivity index (χ2v) is 5.71. The van der Waals surface area contributed by atoms with Crippen molar-refractivity contribution in [2.75, 3.05) is 7.11 Å². The molecule has 0 fully saturated rings. The number of ether oxygens (including phenoxy) is 2. The zero-order valence-corrected chi connectivity index (χ0v) is 14.5. The Morgan fingerprint density at radius 1 is 1.20 bits per heavy atom. The van der Waals surface area contributed by atoms with Crippen LogP contribution in [0, 0.1) is 0 Å². The molecular weight excluding hydrogens is 346 g/mol. The third-order valence-corrected chi connectivity index (χ3v) is 3.69. The topological polar surface area (TPSA) is 84.9 Å². The number of phenolic OH excluding ortho intramolecular Hbond substituents is 1. The fourth-order valence-electron chi connectivity index (χ4n) is 2.03. The van der Waals surface area contributed by atoms with E-state index in [-0.39, 0.29) is 22.9 Å². The van der Waals surface area contributed by atoms with Crippen molar-refractivity contribution >= 4 is 23.5 Å². The van der Waals surface area contributed by atoms with Crippen LogP contribution in [0.2, 0.25) is 5.02 Å². The quantitative estimate of drug-likeness (QED) is 0.771. The number of methoxy groups -OCH3 is 1. The number of nitrogens with one attached hydrogen (secondary N) is 1. The average Bonchev–Trinajstić information content (AvgIpc) is 2.61. The summed E-state index contributed by atoms with van der Waals surface area (Å²) < 4.78 is 10.1. The van der Waals surface area contributed by atoms with Gasteiger partial charge in [-0.15, -0.1) is 0 Å². The Morgan fingerprint density at radius 3 is 2.52 bits per heavy atom. The average molecular weight is 364 g/mol. The molecule has 25 heavy (non-hydrogen) atoms. The van der Waals surface area contributed by atoms with Gasteiger partial charge in [-0.2, -0.15) is 0 Å². The van der Waals surface area contributed by atoms with Crippen molar-refractivity contribution in [2.24, 2.45) is 0 Å². The molecule has 132 valence electrons. The number of benzene rings is 2. The SMILES string of the molecule is COc1ccc(CNC(=O)[C@H](C)OC(=O)c2cc(Cl)ccc2O)cc1. The predicted octanol–water partition coefficient (Wildman–Crippen LogP) is 2.92. The van der Waals surface area contributed by atoms with E-state index >= 15 is 0 Å². The minimum absolute atomic E-state index is 0.0951. The first-order valence-corrected chi connectivity index (χ1v) is 7.88. The maximum absolute atomic E-state index is 12.1. The molecule has 0 bridgehead atoms. The van der Waals surface area contributed by atoms with Gasteiger partial charge in [-0.05, 0) is 42.8 Å². The highest BCUT2D eigenvalue weighted by atomic mass is 35.5. The summed E-state index contributed by atoms with van der Waals surface area (Å²) in [6.07, 6.45) is -1.02. The van der Waals surface area contributed by atoms with Gasteiger partial charge in [0, 0.05) is 11.6 Å². The summed E-state index contributed by atoms with van der Waals surface area (Å²) in [5, 5.41) is 12.6. The van der Waals surface area contributed by atoms with Crippen molar-refractivity contribution in [3.63, 3.8) is 0 Å². The molecule has 6 nitrogen and oxygen atoms in total. The number of hydrogen-bond donors (Lipinski definition) is 2. The van der Waals surface area contributed by atoms with Crippen LogP contribution in [-0.2, 0) is 16.1 Å². The monoisotopic (exact) mass is 363 g/mol. The van der Waals surface area contributed by atoms with Crippen LogP contribution in [0.25, 0.3) is 0 Å². The Bertz CT molecular complexity index is 761. The number of halogens is 1. The molecule has 2 aromatic rings. The second kappa shape index (κ2) is 8.39. The van der Waals surface area contributed by atoms with Gasteiger partial charge in [0.1, 0.15) is 17.1 Å². The van der Waals surface area contributed by atoms with E-state index in [1.54, 1.807) is 19.2 Å². The zero-order valence-electron chi connectivity index (χ0n) is 13.8. The molecule has 0 aromatic heterocycles. The van der Waals surface area contributed by atoms with E-state index in [0.29, 0.717) is 0 Å². The molecule has 0 saturated heterocycles. The molecule has 0 saturated carbocycles. The summed E-state index contributed by atoms with van der Waals surface area (Å²) in [5.74, 6) is -0.822. The minimum atomic E-state index is -1.02. The molecule has 2 rings (SSSR count). The first-order chi connectivity index (χ1) is 11.9. The lowest BCUT2D eigenvalue weighted by Gasteiger charge is -2.14. The summed E-state index contributed by atoms with van der Waals surface area (Å²) in [7, 11) is 1.57. The first kappa shape index (κ1) is 18.6. The van der Waals surface area contributed by atoms with Gasteiger partial charge in [-0.1, -0.05) is 23.7 Å². The number of aromatic hydroxyl groups is 1. The Morgan fingerprint density at radius 2 is 1.88 bits per heavy atom. The van der Waals surface area contributed by atoms with Crippen LogP contribution in [0.15, 0.2) is 42.5 Å². The van der Waals surface area contributed by atoms with Crippen LogP contribution in [0.4, 0.5) is 0 Å². The highest BCUT2D eigenvalue weighted by Gasteiger charge is 2.21. The van der Waals surface area contributed by atoms with Crippen LogP contribution in [0.1, 0.15) is 22.8 Å². The fraction of sp³-hybridized carbons (Fsp3) is 0.222. The Hall–Kier alpha value is -2.73. The van der Waals surface area contributed by atoms with E-state index in [9.17, 15) is 14.7 Å². The van der Waals surface area contributed by atoms with Crippen molar-refractivity contribution in [2.45, 2.75) is 19.6 Å². The number of rotatable bonds is 6. The van der Waals surface area contributed by atoms with E-state index in [2.05, 4.69) is 5.32 Å². The number of hydrogen-bond acceptors (Lipinski definition) is 5. The maximum atomic E-state index is 12.1. The number of esters is 1. The standard InChI is InChI=1S/C18H18ClNO5/c1-11(25-18(23)15-9-13(19)5-8-16(15)21)17(22)20-10-12-3-6-14(24-2)7-4-12/h3-9,11,21H,10H2,1-2H3,(H,20,22)/t11-/m0/s1. The van der Waals surface area contributed by atoms with Crippen LogP contribution < -0.4 is 10.1 Å². The van der Waals surface area contributed by atoms with Crippen LogP contribution in [0.3, 0.4) is 0 Å². The van der Waals surface area contributed by atoms with E-state index in [1.807, 2.05) is 12.1 Å². The maximum Gasteiger partial charge on any atom is 0.342 e. The molecule has 0 radical (unpaired) electrons. The molecular formula is C18H18ClNO5. The number of carbonyl (C=O) groups excluding carboxylic acids is 2. The molecule has 0 spiro atoms. The van der Waals surface area contributed by atoms with Crippen molar-refractivity contribution < 1.29 is 24.2 Å². The summed E-state index contributed by atoms with van der Waals surface area (Å²) in [6.45, 7) is 1.73. The van der Waals surface area contributed by atoms with Gasteiger partial charge in [0.2, 0.25) is 0 Å². The highest BCUT2D eigenvalue weighted by Crippen LogP contribution is 2.22. The molecule has 0 aliphatic rings. The van der Waals surface area contributed by atoms with E-state index in [1.165, 1.54) is 25.1 Å². The van der Waals surface area contributed by atoms with E-state index in [4.69, 9.17) is 21.1 Å². The number of carbonyl (C=O) groups is 2. The molecule has 2 N–H and O–H groups in total. The van der Waals surface area contributed by atoms with Gasteiger partial charge in [0.05, 0.1) is 7.11 Å². The minimum Gasteiger partial charge on any atom is -0.507 e. The van der Waals surface area contributed by atoms with Gasteiger partial charge in [-0.3, -0.25) is 4.79 Å². The molecule has 1 amide bonds. The van der Waals surface area contributed by atoms with E-state index in [0.717, 1.165) is 11.3 Å². The van der Waals surface area contributed by atoms with Gasteiger partial charge < -0.3 is 19.9 Å². The molecule has 2 aromatic carbocycles. The third-order valence-electron chi connectivity index (χ3n) is 3.46. The lowest BCUT2D eigenvalue weighted by Crippen LogP contribution is -2.35. The van der Waals surface area contributed by atoms with Crippen LogP contribution in [-0.4, -0.2) is 30.2 Å². The van der Waals surface area contributed by atoms with Crippen LogP contribution >= 0.6 is 11.6 Å². The number of phenols is 1. The smallest absolute Gasteiger partial charge is 0.342 e. The summed E-state index contributed by atoms with van der Waals surface area (Å²) >= 11 is 5.79. The predicted molar refractivity (Wildman–Crippen MR) is 92.8 cm³/mol. The third kappa shape index (κ3) is 5.12. The Balaban J connectivity index is 1.90. The normalized spacial score (nSPS) is 11.5. The molecule has 0 aliphatic heterocycles. The molecule has 0 unspecified atom stereocenters. The molecule has 0 aliphatic carbocycles. The van der Waals surface area contributed by atoms with Gasteiger partial charge >= 0.3 is 5.97 Å².